The van der Waals surface area contributed by atoms with Crippen molar-refractivity contribution in [2.24, 2.45) is 22.7 Å². The van der Waals surface area contributed by atoms with Crippen LogP contribution < -0.4 is 10.7 Å². The Morgan fingerprint density at radius 2 is 1.86 bits per heavy atom. The zero-order chi connectivity index (χ0) is 15.7. The number of rotatable bonds is 2. The number of nitrogens with two attached hydrogens (primary N) is 1. The SMILES string of the molecule is NC(=O)N(N=C1C(=O)C2CCCCC2C1=O)c1cccnc1. The van der Waals surface area contributed by atoms with Gasteiger partial charge in [-0.25, -0.2) is 4.79 Å². The smallest absolute Gasteiger partial charge is 0.340 e. The first-order valence-electron chi connectivity index (χ1n) is 7.26. The summed E-state index contributed by atoms with van der Waals surface area (Å²) in [6.07, 6.45) is 6.22. The number of carbonyl (C=O) groups excluding carboxylic acids is 3. The maximum absolute atomic E-state index is 12.4. The first-order valence-corrected chi connectivity index (χ1v) is 7.26. The van der Waals surface area contributed by atoms with Crippen LogP contribution >= 0.6 is 0 Å². The molecule has 0 radical (unpaired) electrons. The first kappa shape index (κ1) is 14.4. The van der Waals surface area contributed by atoms with Crippen molar-refractivity contribution in [1.29, 1.82) is 0 Å². The van der Waals surface area contributed by atoms with Crippen molar-refractivity contribution in [1.82, 2.24) is 4.98 Å². The molecule has 0 bridgehead atoms. The van der Waals surface area contributed by atoms with Gasteiger partial charge in [0.25, 0.3) is 0 Å². The van der Waals surface area contributed by atoms with Gasteiger partial charge in [0.1, 0.15) is 0 Å². The van der Waals surface area contributed by atoms with E-state index in [0.717, 1.165) is 17.9 Å². The van der Waals surface area contributed by atoms with Gasteiger partial charge in [-0.05, 0) is 25.0 Å². The van der Waals surface area contributed by atoms with Crippen LogP contribution in [-0.4, -0.2) is 28.3 Å². The molecular formula is C15H16N4O3. The van der Waals surface area contributed by atoms with Crippen LogP contribution in [0.5, 0.6) is 0 Å². The molecule has 2 aliphatic carbocycles. The predicted molar refractivity (Wildman–Crippen MR) is 79.2 cm³/mol. The number of Topliss-reactive ketones (excluding diaryl/α,β-unsaturated/α-hetero) is 2. The van der Waals surface area contributed by atoms with Gasteiger partial charge in [-0.2, -0.15) is 10.1 Å². The fraction of sp³-hybridized carbons (Fsp3) is 0.400. The number of nitrogens with zero attached hydrogens (tertiary/aromatic N) is 3. The molecule has 1 aromatic heterocycles. The Kier molecular flexibility index (Phi) is 3.70. The van der Waals surface area contributed by atoms with E-state index in [1.54, 1.807) is 12.1 Å². The number of hydrogen-bond acceptors (Lipinski definition) is 5. The topological polar surface area (TPSA) is 106 Å². The van der Waals surface area contributed by atoms with Gasteiger partial charge in [-0.3, -0.25) is 14.6 Å². The van der Waals surface area contributed by atoms with Crippen LogP contribution in [0.15, 0.2) is 29.6 Å². The van der Waals surface area contributed by atoms with Crippen molar-refractivity contribution in [2.75, 3.05) is 5.01 Å². The van der Waals surface area contributed by atoms with Crippen LogP contribution in [0.3, 0.4) is 0 Å². The van der Waals surface area contributed by atoms with Gasteiger partial charge in [0.15, 0.2) is 17.3 Å². The zero-order valence-corrected chi connectivity index (χ0v) is 11.9. The van der Waals surface area contributed by atoms with E-state index in [0.29, 0.717) is 18.5 Å². The number of hydrogen-bond donors (Lipinski definition) is 1. The van der Waals surface area contributed by atoms with Gasteiger partial charge in [0.2, 0.25) is 0 Å². The first-order chi connectivity index (χ1) is 10.6. The average Bonchev–Trinajstić information content (AvgIpc) is 2.78. The molecular weight excluding hydrogens is 284 g/mol. The van der Waals surface area contributed by atoms with Crippen molar-refractivity contribution >= 4 is 29.0 Å². The number of carbonyl (C=O) groups is 3. The van der Waals surface area contributed by atoms with Crippen molar-refractivity contribution in [2.45, 2.75) is 25.7 Å². The number of urea groups is 1. The van der Waals surface area contributed by atoms with Gasteiger partial charge in [0, 0.05) is 18.0 Å². The van der Waals surface area contributed by atoms with E-state index < -0.39 is 6.03 Å². The molecule has 1 heterocycles. The summed E-state index contributed by atoms with van der Waals surface area (Å²) in [7, 11) is 0. The standard InChI is InChI=1S/C15H16N4O3/c16-15(22)19(9-4-3-7-17-8-9)18-12-13(20)10-5-1-2-6-11(10)14(12)21/h3-4,7-8,10-11H,1-2,5-6H2,(H2,16,22). The lowest BCUT2D eigenvalue weighted by Gasteiger charge is -2.20. The monoisotopic (exact) mass is 300 g/mol. The Labute approximate surface area is 127 Å². The van der Waals surface area contributed by atoms with E-state index in [1.165, 1.54) is 12.4 Å². The molecule has 2 unspecified atom stereocenters. The lowest BCUT2D eigenvalue weighted by atomic mass is 9.81. The average molecular weight is 300 g/mol. The summed E-state index contributed by atoms with van der Waals surface area (Å²) in [4.78, 5) is 40.3. The highest BCUT2D eigenvalue weighted by Gasteiger charge is 2.48. The lowest BCUT2D eigenvalue weighted by molar-refractivity contribution is -0.120. The molecule has 22 heavy (non-hydrogen) atoms. The summed E-state index contributed by atoms with van der Waals surface area (Å²) >= 11 is 0. The lowest BCUT2D eigenvalue weighted by Crippen LogP contribution is -2.34. The summed E-state index contributed by atoms with van der Waals surface area (Å²) in [5.41, 5.74) is 5.46. The summed E-state index contributed by atoms with van der Waals surface area (Å²) in [6, 6.07) is 2.33. The second kappa shape index (κ2) is 5.67. The molecule has 2 atom stereocenters. The zero-order valence-electron chi connectivity index (χ0n) is 11.9. The largest absolute Gasteiger partial charge is 0.350 e. The number of ketones is 2. The Morgan fingerprint density at radius 1 is 1.23 bits per heavy atom. The molecule has 2 saturated carbocycles. The van der Waals surface area contributed by atoms with Crippen LogP contribution in [0, 0.1) is 11.8 Å². The third-order valence-corrected chi connectivity index (χ3v) is 4.21. The van der Waals surface area contributed by atoms with Crippen LogP contribution in [0.25, 0.3) is 0 Å². The molecule has 2 aliphatic rings. The molecule has 0 aromatic carbocycles. The van der Waals surface area contributed by atoms with E-state index >= 15 is 0 Å². The van der Waals surface area contributed by atoms with Gasteiger partial charge in [0.05, 0.1) is 11.9 Å². The molecule has 7 heteroatoms. The summed E-state index contributed by atoms with van der Waals surface area (Å²) in [6.45, 7) is 0. The summed E-state index contributed by atoms with van der Waals surface area (Å²) < 4.78 is 0. The molecule has 3 rings (SSSR count). The number of aromatic nitrogens is 1. The van der Waals surface area contributed by atoms with E-state index in [9.17, 15) is 14.4 Å². The van der Waals surface area contributed by atoms with Crippen molar-refractivity contribution in [3.05, 3.63) is 24.5 Å². The van der Waals surface area contributed by atoms with Crippen molar-refractivity contribution in [3.63, 3.8) is 0 Å². The quantitative estimate of drug-likeness (QED) is 0.830. The van der Waals surface area contributed by atoms with E-state index in [1.807, 2.05) is 0 Å². The minimum Gasteiger partial charge on any atom is -0.350 e. The highest BCUT2D eigenvalue weighted by molar-refractivity contribution is 6.70. The number of hydrazone groups is 1. The Morgan fingerprint density at radius 3 is 2.36 bits per heavy atom. The molecule has 0 saturated heterocycles. The van der Waals surface area contributed by atoms with Crippen LogP contribution in [0.2, 0.25) is 0 Å². The van der Waals surface area contributed by atoms with Gasteiger partial charge in [-0.1, -0.05) is 12.8 Å². The van der Waals surface area contributed by atoms with E-state index in [-0.39, 0.29) is 29.1 Å². The molecule has 1 aromatic rings. The fourth-order valence-electron chi connectivity index (χ4n) is 3.14. The third-order valence-electron chi connectivity index (χ3n) is 4.21. The molecule has 7 nitrogen and oxygen atoms in total. The van der Waals surface area contributed by atoms with Gasteiger partial charge >= 0.3 is 6.03 Å². The highest BCUT2D eigenvalue weighted by Crippen LogP contribution is 2.37. The van der Waals surface area contributed by atoms with Gasteiger partial charge < -0.3 is 5.73 Å². The molecule has 2 fully saturated rings. The van der Waals surface area contributed by atoms with Crippen LogP contribution in [-0.2, 0) is 9.59 Å². The third kappa shape index (κ3) is 2.38. The highest BCUT2D eigenvalue weighted by atomic mass is 16.2. The number of fused-ring (bicyclic) bond motifs is 1. The molecule has 2 amide bonds. The van der Waals surface area contributed by atoms with E-state index in [4.69, 9.17) is 5.73 Å². The minimum absolute atomic E-state index is 0.167. The normalized spacial score (nSPS) is 24.1. The maximum atomic E-state index is 12.4. The second-order valence-corrected chi connectivity index (χ2v) is 5.54. The Bertz CT molecular complexity index is 630. The Balaban J connectivity index is 1.97. The number of amides is 2. The summed E-state index contributed by atoms with van der Waals surface area (Å²) in [5.74, 6) is -1.12. The van der Waals surface area contributed by atoms with Crippen molar-refractivity contribution in [3.8, 4) is 0 Å². The number of primary amides is 1. The molecule has 114 valence electrons. The number of anilines is 1. The fourth-order valence-corrected chi connectivity index (χ4v) is 3.14. The van der Waals surface area contributed by atoms with Crippen LogP contribution in [0.1, 0.15) is 25.7 Å². The van der Waals surface area contributed by atoms with Crippen LogP contribution in [0.4, 0.5) is 10.5 Å². The minimum atomic E-state index is -0.865. The second-order valence-electron chi connectivity index (χ2n) is 5.54. The number of pyridine rings is 1. The van der Waals surface area contributed by atoms with Crippen molar-refractivity contribution < 1.29 is 14.4 Å². The molecule has 2 N–H and O–H groups in total. The van der Waals surface area contributed by atoms with E-state index in [2.05, 4.69) is 10.1 Å². The molecule has 0 aliphatic heterocycles. The van der Waals surface area contributed by atoms with Gasteiger partial charge in [-0.15, -0.1) is 0 Å². The summed E-state index contributed by atoms with van der Waals surface area (Å²) in [5, 5.41) is 4.82. The predicted octanol–water partition coefficient (Wildman–Crippen LogP) is 1.28. The Hall–Kier alpha value is -2.57. The molecule has 0 spiro atoms. The maximum Gasteiger partial charge on any atom is 0.340 e.